The molecule has 1 aliphatic heterocycles. The lowest BCUT2D eigenvalue weighted by Crippen LogP contribution is -2.41. The number of carbonyl (C=O) groups is 1. The molecule has 1 aliphatic rings. The van der Waals surface area contributed by atoms with E-state index in [1.807, 2.05) is 19.9 Å². The molecular formula is C12H21NO3S. The summed E-state index contributed by atoms with van der Waals surface area (Å²) in [6.07, 6.45) is 3.27. The molecule has 0 saturated carbocycles. The van der Waals surface area contributed by atoms with Gasteiger partial charge in [-0.05, 0) is 26.7 Å². The zero-order chi connectivity index (χ0) is 13.1. The van der Waals surface area contributed by atoms with E-state index in [-0.39, 0.29) is 23.5 Å². The van der Waals surface area contributed by atoms with Gasteiger partial charge in [-0.15, -0.1) is 0 Å². The van der Waals surface area contributed by atoms with Crippen LogP contribution in [0.4, 0.5) is 0 Å². The highest BCUT2D eigenvalue weighted by atomic mass is 32.2. The van der Waals surface area contributed by atoms with Crippen molar-refractivity contribution in [2.75, 3.05) is 18.1 Å². The molecule has 98 valence electrons. The highest BCUT2D eigenvalue weighted by molar-refractivity contribution is 7.91. The molecule has 1 heterocycles. The highest BCUT2D eigenvalue weighted by Crippen LogP contribution is 2.19. The number of nitrogens with zero attached hydrogens (tertiary/aromatic N) is 1. The molecule has 0 aromatic rings. The average molecular weight is 259 g/mol. The molecule has 1 rings (SSSR count). The van der Waals surface area contributed by atoms with Crippen LogP contribution in [0.1, 0.15) is 33.6 Å². The van der Waals surface area contributed by atoms with E-state index in [1.54, 1.807) is 11.8 Å². The minimum Gasteiger partial charge on any atom is -0.335 e. The predicted octanol–water partition coefficient (Wildman–Crippen LogP) is 1.38. The molecule has 4 nitrogen and oxygen atoms in total. The van der Waals surface area contributed by atoms with Gasteiger partial charge in [0.25, 0.3) is 0 Å². The first-order chi connectivity index (χ1) is 7.91. The van der Waals surface area contributed by atoms with Crippen LogP contribution in [0.25, 0.3) is 0 Å². The van der Waals surface area contributed by atoms with Gasteiger partial charge in [-0.2, -0.15) is 0 Å². The maximum Gasteiger partial charge on any atom is 0.249 e. The number of hydrogen-bond acceptors (Lipinski definition) is 3. The third-order valence-corrected chi connectivity index (χ3v) is 4.85. The molecule has 0 spiro atoms. The largest absolute Gasteiger partial charge is 0.335 e. The number of carbonyl (C=O) groups excluding carboxylic acids is 1. The molecule has 1 amide bonds. The predicted molar refractivity (Wildman–Crippen MR) is 68.5 cm³/mol. The lowest BCUT2D eigenvalue weighted by molar-refractivity contribution is -0.128. The third kappa shape index (κ3) is 3.56. The summed E-state index contributed by atoms with van der Waals surface area (Å²) < 4.78 is 22.9. The smallest absolute Gasteiger partial charge is 0.249 e. The van der Waals surface area contributed by atoms with Gasteiger partial charge < -0.3 is 4.90 Å². The van der Waals surface area contributed by atoms with Crippen molar-refractivity contribution in [1.82, 2.24) is 4.90 Å². The van der Waals surface area contributed by atoms with Crippen LogP contribution < -0.4 is 0 Å². The van der Waals surface area contributed by atoms with Gasteiger partial charge in [-0.1, -0.05) is 13.0 Å². The zero-order valence-corrected chi connectivity index (χ0v) is 11.6. The van der Waals surface area contributed by atoms with Crippen LogP contribution in [0.15, 0.2) is 11.6 Å². The Morgan fingerprint density at radius 2 is 2.06 bits per heavy atom. The van der Waals surface area contributed by atoms with Crippen molar-refractivity contribution in [2.24, 2.45) is 0 Å². The van der Waals surface area contributed by atoms with Gasteiger partial charge in [0.15, 0.2) is 9.84 Å². The van der Waals surface area contributed by atoms with Crippen LogP contribution in [-0.4, -0.2) is 43.3 Å². The summed E-state index contributed by atoms with van der Waals surface area (Å²) in [7, 11) is -2.94. The molecule has 17 heavy (non-hydrogen) atoms. The van der Waals surface area contributed by atoms with E-state index in [0.29, 0.717) is 18.5 Å². The van der Waals surface area contributed by atoms with Gasteiger partial charge in [-0.3, -0.25) is 4.79 Å². The molecule has 0 aromatic heterocycles. The first-order valence-electron chi connectivity index (χ1n) is 6.09. The molecule has 5 heteroatoms. The molecule has 1 atom stereocenters. The Labute approximate surface area is 104 Å². The Kier molecular flexibility index (Phi) is 4.74. The van der Waals surface area contributed by atoms with Crippen LogP contribution in [0.2, 0.25) is 0 Å². The molecule has 1 unspecified atom stereocenters. The topological polar surface area (TPSA) is 54.5 Å². The van der Waals surface area contributed by atoms with Crippen molar-refractivity contribution >= 4 is 15.7 Å². The van der Waals surface area contributed by atoms with Crippen LogP contribution in [0.5, 0.6) is 0 Å². The van der Waals surface area contributed by atoms with Gasteiger partial charge in [0, 0.05) is 18.2 Å². The van der Waals surface area contributed by atoms with E-state index < -0.39 is 9.84 Å². The number of hydrogen-bond donors (Lipinski definition) is 0. The minimum atomic E-state index is -2.94. The fourth-order valence-electron chi connectivity index (χ4n) is 2.21. The first kappa shape index (κ1) is 14.2. The molecule has 0 aromatic carbocycles. The number of amides is 1. The maximum atomic E-state index is 12.1. The van der Waals surface area contributed by atoms with Crippen LogP contribution in [0, 0.1) is 0 Å². The molecule has 1 saturated heterocycles. The molecule has 0 N–H and O–H groups in total. The van der Waals surface area contributed by atoms with E-state index >= 15 is 0 Å². The van der Waals surface area contributed by atoms with Gasteiger partial charge in [-0.25, -0.2) is 8.42 Å². The lowest BCUT2D eigenvalue weighted by Gasteiger charge is -2.27. The van der Waals surface area contributed by atoms with Crippen molar-refractivity contribution in [3.63, 3.8) is 0 Å². The van der Waals surface area contributed by atoms with Crippen molar-refractivity contribution < 1.29 is 13.2 Å². The van der Waals surface area contributed by atoms with Crippen molar-refractivity contribution in [3.05, 3.63) is 11.6 Å². The second kappa shape index (κ2) is 5.67. The number of rotatable bonds is 4. The standard InChI is InChI=1S/C12H21NO3S/c1-4-6-10(3)12(14)13(5-2)11-7-8-17(15,16)9-11/h6,11H,4-5,7-9H2,1-3H3/b10-6-. The zero-order valence-electron chi connectivity index (χ0n) is 10.8. The quantitative estimate of drug-likeness (QED) is 0.717. The monoisotopic (exact) mass is 259 g/mol. The summed E-state index contributed by atoms with van der Waals surface area (Å²) in [6, 6.07) is -0.141. The van der Waals surface area contributed by atoms with Crippen molar-refractivity contribution in [1.29, 1.82) is 0 Å². The Balaban J connectivity index is 2.79. The summed E-state index contributed by atoms with van der Waals surface area (Å²) in [6.45, 7) is 6.22. The highest BCUT2D eigenvalue weighted by Gasteiger charge is 2.33. The maximum absolute atomic E-state index is 12.1. The van der Waals surface area contributed by atoms with Crippen molar-refractivity contribution in [2.45, 2.75) is 39.7 Å². The Morgan fingerprint density at radius 3 is 2.47 bits per heavy atom. The molecular weight excluding hydrogens is 238 g/mol. The van der Waals surface area contributed by atoms with Gasteiger partial charge in [0.2, 0.25) is 5.91 Å². The van der Waals surface area contributed by atoms with E-state index in [4.69, 9.17) is 0 Å². The second-order valence-corrected chi connectivity index (χ2v) is 6.67. The summed E-state index contributed by atoms with van der Waals surface area (Å²) in [5.41, 5.74) is 0.707. The fraction of sp³-hybridized carbons (Fsp3) is 0.750. The van der Waals surface area contributed by atoms with Crippen LogP contribution >= 0.6 is 0 Å². The van der Waals surface area contributed by atoms with Gasteiger partial charge >= 0.3 is 0 Å². The SMILES string of the molecule is CC/C=C(/C)C(=O)N(CC)C1CCS(=O)(=O)C1. The van der Waals surface area contributed by atoms with Crippen molar-refractivity contribution in [3.8, 4) is 0 Å². The first-order valence-corrected chi connectivity index (χ1v) is 7.91. The minimum absolute atomic E-state index is 0.0311. The molecule has 0 aliphatic carbocycles. The summed E-state index contributed by atoms with van der Waals surface area (Å²) >= 11 is 0. The fourth-order valence-corrected chi connectivity index (χ4v) is 3.94. The third-order valence-electron chi connectivity index (χ3n) is 3.10. The normalized spacial score (nSPS) is 23.7. The van der Waals surface area contributed by atoms with Crippen LogP contribution in [0.3, 0.4) is 0 Å². The Morgan fingerprint density at radius 1 is 1.41 bits per heavy atom. The Hall–Kier alpha value is -0.840. The number of likely N-dealkylation sites (N-methyl/N-ethyl adjacent to an activating group) is 1. The van der Waals surface area contributed by atoms with Gasteiger partial charge in [0.05, 0.1) is 11.5 Å². The van der Waals surface area contributed by atoms with Gasteiger partial charge in [0.1, 0.15) is 0 Å². The summed E-state index contributed by atoms with van der Waals surface area (Å²) in [5, 5.41) is 0. The number of allylic oxidation sites excluding steroid dienone is 1. The average Bonchev–Trinajstić information content (AvgIpc) is 2.60. The molecule has 0 radical (unpaired) electrons. The lowest BCUT2D eigenvalue weighted by atomic mass is 10.1. The Bertz CT molecular complexity index is 411. The molecule has 0 bridgehead atoms. The van der Waals surface area contributed by atoms with E-state index in [2.05, 4.69) is 0 Å². The molecule has 1 fully saturated rings. The van der Waals surface area contributed by atoms with E-state index in [1.165, 1.54) is 0 Å². The number of sulfone groups is 1. The van der Waals surface area contributed by atoms with E-state index in [0.717, 1.165) is 6.42 Å². The van der Waals surface area contributed by atoms with Crippen LogP contribution in [-0.2, 0) is 14.6 Å². The summed E-state index contributed by atoms with van der Waals surface area (Å²) in [4.78, 5) is 13.8. The second-order valence-electron chi connectivity index (χ2n) is 4.44. The summed E-state index contributed by atoms with van der Waals surface area (Å²) in [5.74, 6) is 0.292. The van der Waals surface area contributed by atoms with E-state index in [9.17, 15) is 13.2 Å².